The van der Waals surface area contributed by atoms with Crippen LogP contribution >= 0.6 is 11.6 Å². The number of rotatable bonds is 3. The Balaban J connectivity index is 2.59. The Kier molecular flexibility index (Phi) is 4.04. The summed E-state index contributed by atoms with van der Waals surface area (Å²) < 4.78 is 44.0. The van der Waals surface area contributed by atoms with Crippen LogP contribution < -0.4 is 4.74 Å². The second kappa shape index (κ2) is 5.61. The highest BCUT2D eigenvalue weighted by atomic mass is 35.5. The molecule has 21 heavy (non-hydrogen) atoms. The van der Waals surface area contributed by atoms with E-state index < -0.39 is 33.1 Å². The molecule has 0 saturated heterocycles. The van der Waals surface area contributed by atoms with E-state index >= 15 is 0 Å². The van der Waals surface area contributed by atoms with Gasteiger partial charge in [-0.3, -0.25) is 10.1 Å². The topological polar surface area (TPSA) is 52.4 Å². The zero-order chi connectivity index (χ0) is 15.6. The van der Waals surface area contributed by atoms with Crippen molar-refractivity contribution < 1.29 is 22.8 Å². The van der Waals surface area contributed by atoms with Crippen LogP contribution in [-0.4, -0.2) is 4.92 Å². The predicted octanol–water partition coefficient (Wildman–Crippen LogP) is 5.06. The molecule has 2 aromatic rings. The summed E-state index contributed by atoms with van der Waals surface area (Å²) in [7, 11) is 0. The third-order valence-corrected chi connectivity index (χ3v) is 2.84. The molecule has 0 N–H and O–H groups in total. The molecule has 0 atom stereocenters. The fourth-order valence-electron chi connectivity index (χ4n) is 1.70. The van der Waals surface area contributed by atoms with Crippen molar-refractivity contribution in [2.75, 3.05) is 0 Å². The van der Waals surface area contributed by atoms with Gasteiger partial charge in [-0.25, -0.2) is 0 Å². The first-order chi connectivity index (χ1) is 9.80. The summed E-state index contributed by atoms with van der Waals surface area (Å²) in [6.07, 6.45) is -4.96. The van der Waals surface area contributed by atoms with E-state index in [9.17, 15) is 23.3 Å². The SMILES string of the molecule is O=[N+]([O-])c1c(Oc2ccccc2)ccc(Cl)c1C(F)(F)F. The second-order valence-electron chi connectivity index (χ2n) is 3.94. The highest BCUT2D eigenvalue weighted by Crippen LogP contribution is 2.46. The maximum absolute atomic E-state index is 12.9. The molecule has 0 aliphatic heterocycles. The van der Waals surface area contributed by atoms with E-state index in [0.29, 0.717) is 0 Å². The molecule has 0 aliphatic rings. The number of nitro groups is 1. The molecular weight excluding hydrogens is 311 g/mol. The highest BCUT2D eigenvalue weighted by Gasteiger charge is 2.43. The van der Waals surface area contributed by atoms with Gasteiger partial charge in [0, 0.05) is 0 Å². The van der Waals surface area contributed by atoms with Crippen LogP contribution in [0.25, 0.3) is 0 Å². The van der Waals surface area contributed by atoms with Crippen LogP contribution in [0.1, 0.15) is 5.56 Å². The zero-order valence-corrected chi connectivity index (χ0v) is 11.0. The van der Waals surface area contributed by atoms with Gasteiger partial charge in [0.25, 0.3) is 0 Å². The van der Waals surface area contributed by atoms with E-state index in [1.54, 1.807) is 18.2 Å². The van der Waals surface area contributed by atoms with Crippen molar-refractivity contribution in [1.82, 2.24) is 0 Å². The maximum atomic E-state index is 12.9. The van der Waals surface area contributed by atoms with Crippen molar-refractivity contribution in [3.8, 4) is 11.5 Å². The average molecular weight is 318 g/mol. The number of nitro benzene ring substituents is 1. The third kappa shape index (κ3) is 3.25. The van der Waals surface area contributed by atoms with Gasteiger partial charge in [-0.1, -0.05) is 29.8 Å². The number of benzene rings is 2. The Morgan fingerprint density at radius 1 is 1.10 bits per heavy atom. The quantitative estimate of drug-likeness (QED) is 0.587. The number of halogens is 4. The molecule has 0 bridgehead atoms. The molecule has 2 rings (SSSR count). The first-order valence-electron chi connectivity index (χ1n) is 5.57. The van der Waals surface area contributed by atoms with Crippen LogP contribution in [0.3, 0.4) is 0 Å². The van der Waals surface area contributed by atoms with Gasteiger partial charge < -0.3 is 4.74 Å². The lowest BCUT2D eigenvalue weighted by Gasteiger charge is -2.13. The van der Waals surface area contributed by atoms with E-state index in [2.05, 4.69) is 0 Å². The molecule has 0 aliphatic carbocycles. The zero-order valence-electron chi connectivity index (χ0n) is 10.2. The predicted molar refractivity (Wildman–Crippen MR) is 69.6 cm³/mol. The Bertz CT molecular complexity index is 674. The van der Waals surface area contributed by atoms with E-state index in [4.69, 9.17) is 16.3 Å². The van der Waals surface area contributed by atoms with Gasteiger partial charge in [0.1, 0.15) is 5.75 Å². The number of nitrogens with zero attached hydrogens (tertiary/aromatic N) is 1. The van der Waals surface area contributed by atoms with Crippen molar-refractivity contribution in [3.05, 3.63) is 63.2 Å². The lowest BCUT2D eigenvalue weighted by atomic mass is 10.1. The van der Waals surface area contributed by atoms with Crippen LogP contribution in [0.4, 0.5) is 18.9 Å². The Morgan fingerprint density at radius 2 is 1.71 bits per heavy atom. The lowest BCUT2D eigenvalue weighted by molar-refractivity contribution is -0.388. The minimum absolute atomic E-state index is 0.177. The van der Waals surface area contributed by atoms with E-state index in [-0.39, 0.29) is 5.75 Å². The normalized spacial score (nSPS) is 11.2. The van der Waals surface area contributed by atoms with Gasteiger partial charge >= 0.3 is 11.9 Å². The maximum Gasteiger partial charge on any atom is 0.424 e. The molecule has 0 unspecified atom stereocenters. The van der Waals surface area contributed by atoms with Gasteiger partial charge in [0.05, 0.1) is 9.95 Å². The first-order valence-corrected chi connectivity index (χ1v) is 5.95. The fraction of sp³-hybridized carbons (Fsp3) is 0.0769. The van der Waals surface area contributed by atoms with E-state index in [0.717, 1.165) is 12.1 Å². The van der Waals surface area contributed by atoms with Crippen molar-refractivity contribution in [2.24, 2.45) is 0 Å². The van der Waals surface area contributed by atoms with E-state index in [1.165, 1.54) is 12.1 Å². The van der Waals surface area contributed by atoms with Crippen molar-refractivity contribution >= 4 is 17.3 Å². The molecule has 0 saturated carbocycles. The fourth-order valence-corrected chi connectivity index (χ4v) is 1.96. The van der Waals surface area contributed by atoms with Gasteiger partial charge in [-0.15, -0.1) is 0 Å². The number of hydrogen-bond acceptors (Lipinski definition) is 3. The largest absolute Gasteiger partial charge is 0.450 e. The number of para-hydroxylation sites is 1. The standard InChI is InChI=1S/C13H7ClF3NO3/c14-9-6-7-10(21-8-4-2-1-3-5-8)12(18(19)20)11(9)13(15,16)17/h1-7H. The van der Waals surface area contributed by atoms with Crippen LogP contribution in [-0.2, 0) is 6.18 Å². The monoisotopic (exact) mass is 317 g/mol. The summed E-state index contributed by atoms with van der Waals surface area (Å²) in [5, 5.41) is 10.2. The highest BCUT2D eigenvalue weighted by molar-refractivity contribution is 6.31. The van der Waals surface area contributed by atoms with Crippen molar-refractivity contribution in [2.45, 2.75) is 6.18 Å². The first kappa shape index (κ1) is 15.1. The van der Waals surface area contributed by atoms with Gasteiger partial charge in [0.2, 0.25) is 5.75 Å². The minimum atomic E-state index is -4.96. The number of alkyl halides is 3. The van der Waals surface area contributed by atoms with Crippen LogP contribution in [0.5, 0.6) is 11.5 Å². The Hall–Kier alpha value is -2.28. The molecule has 0 aromatic heterocycles. The second-order valence-corrected chi connectivity index (χ2v) is 4.35. The van der Waals surface area contributed by atoms with Gasteiger partial charge in [-0.2, -0.15) is 13.2 Å². The summed E-state index contributed by atoms with van der Waals surface area (Å²) in [4.78, 5) is 9.84. The van der Waals surface area contributed by atoms with Crippen LogP contribution in [0.2, 0.25) is 5.02 Å². The minimum Gasteiger partial charge on any atom is -0.450 e. The van der Waals surface area contributed by atoms with Crippen LogP contribution in [0.15, 0.2) is 42.5 Å². The van der Waals surface area contributed by atoms with Crippen LogP contribution in [0, 0.1) is 10.1 Å². The molecule has 8 heteroatoms. The molecular formula is C13H7ClF3NO3. The summed E-state index contributed by atoms with van der Waals surface area (Å²) in [5.41, 5.74) is -2.73. The Morgan fingerprint density at radius 3 is 2.24 bits per heavy atom. The lowest BCUT2D eigenvalue weighted by Crippen LogP contribution is -2.10. The number of ether oxygens (including phenoxy) is 1. The average Bonchev–Trinajstić information content (AvgIpc) is 2.40. The van der Waals surface area contributed by atoms with Crippen molar-refractivity contribution in [1.29, 1.82) is 0 Å². The Labute approximate surface area is 121 Å². The molecule has 4 nitrogen and oxygen atoms in total. The molecule has 0 spiro atoms. The molecule has 0 fully saturated rings. The molecule has 0 radical (unpaired) electrons. The smallest absolute Gasteiger partial charge is 0.424 e. The molecule has 110 valence electrons. The molecule has 2 aromatic carbocycles. The number of hydrogen-bond donors (Lipinski definition) is 0. The van der Waals surface area contributed by atoms with Crippen molar-refractivity contribution in [3.63, 3.8) is 0 Å². The summed E-state index contributed by atoms with van der Waals surface area (Å²) in [6, 6.07) is 9.71. The van der Waals surface area contributed by atoms with Gasteiger partial charge in [0.15, 0.2) is 5.56 Å². The third-order valence-electron chi connectivity index (χ3n) is 2.53. The van der Waals surface area contributed by atoms with Gasteiger partial charge in [-0.05, 0) is 24.3 Å². The summed E-state index contributed by atoms with van der Waals surface area (Å²) in [6.45, 7) is 0. The summed E-state index contributed by atoms with van der Waals surface area (Å²) >= 11 is 5.45. The molecule has 0 heterocycles. The van der Waals surface area contributed by atoms with E-state index in [1.807, 2.05) is 0 Å². The molecule has 0 amide bonds. The summed E-state index contributed by atoms with van der Waals surface area (Å²) in [5.74, 6) is -0.348.